The van der Waals surface area contributed by atoms with E-state index in [4.69, 9.17) is 0 Å². The number of carboxylic acids is 1. The van der Waals surface area contributed by atoms with E-state index in [9.17, 15) is 14.7 Å². The zero-order valence-electron chi connectivity index (χ0n) is 12.6. The average Bonchev–Trinajstić information content (AvgIpc) is 2.75. The number of hydrogen-bond donors (Lipinski definition) is 2. The van der Waals surface area contributed by atoms with E-state index in [1.54, 1.807) is 19.2 Å². The normalized spacial score (nSPS) is 20.4. The molecule has 0 saturated carbocycles. The number of nitrogens with zero attached hydrogens (tertiary/aromatic N) is 2. The number of nitrogens with one attached hydrogen (secondary N) is 1. The zero-order valence-corrected chi connectivity index (χ0v) is 12.6. The number of carboxylic acid groups (broad SMARTS) is 1. The molecule has 0 fully saturated rings. The number of aromatic nitrogens is 1. The number of carbonyl (C=O) groups is 2. The number of amides is 1. The van der Waals surface area contributed by atoms with Crippen LogP contribution in [0.3, 0.4) is 0 Å². The molecule has 1 aromatic rings. The number of hydrogen-bond acceptors (Lipinski definition) is 4. The van der Waals surface area contributed by atoms with Crippen LogP contribution >= 0.6 is 0 Å². The average molecular weight is 329 g/mol. The van der Waals surface area contributed by atoms with E-state index in [0.717, 1.165) is 5.56 Å². The molecule has 114 valence electrons. The molecule has 0 aromatic carbocycles. The van der Waals surface area contributed by atoms with E-state index in [1.165, 1.54) is 0 Å². The number of aliphatic imine (C=N–C) groups is 1. The fourth-order valence-corrected chi connectivity index (χ4v) is 2.10. The van der Waals surface area contributed by atoms with Gasteiger partial charge in [-0.15, -0.1) is 0 Å². The molecule has 6 nitrogen and oxygen atoms in total. The van der Waals surface area contributed by atoms with E-state index in [1.807, 2.05) is 20.8 Å². The molecule has 1 amide bonds. The van der Waals surface area contributed by atoms with Crippen LogP contribution < -0.4 is 5.32 Å². The van der Waals surface area contributed by atoms with Crippen LogP contribution in [0.15, 0.2) is 17.3 Å². The molecule has 2 heterocycles. The van der Waals surface area contributed by atoms with Gasteiger partial charge >= 0.3 is 57.4 Å². The first-order valence-electron chi connectivity index (χ1n) is 6.93. The van der Waals surface area contributed by atoms with Crippen LogP contribution in [-0.4, -0.2) is 84.7 Å². The first-order valence-corrected chi connectivity index (χ1v) is 6.93. The Morgan fingerprint density at radius 3 is 2.55 bits per heavy atom. The van der Waals surface area contributed by atoms with Crippen LogP contribution in [0.5, 0.6) is 0 Å². The van der Waals surface area contributed by atoms with Gasteiger partial charge in [-0.3, -0.25) is 9.78 Å². The van der Waals surface area contributed by atoms with Crippen molar-refractivity contribution in [3.63, 3.8) is 0 Å². The second-order valence-corrected chi connectivity index (χ2v) is 5.62. The van der Waals surface area contributed by atoms with Crippen molar-refractivity contribution in [2.24, 2.45) is 10.9 Å². The zero-order chi connectivity index (χ0) is 15.8. The summed E-state index contributed by atoms with van der Waals surface area (Å²) in [5.41, 5.74) is 0.197. The van der Waals surface area contributed by atoms with Gasteiger partial charge in [-0.25, -0.2) is 9.79 Å². The molecule has 1 atom stereocenters. The molecule has 0 spiro atoms. The Bertz CT molecular complexity index is 643. The van der Waals surface area contributed by atoms with Gasteiger partial charge in [0.15, 0.2) is 5.84 Å². The number of carbonyl (C=O) groups excluding carboxylic acids is 1. The molecule has 22 heavy (non-hydrogen) atoms. The van der Waals surface area contributed by atoms with Gasteiger partial charge in [0.25, 0.3) is 5.91 Å². The monoisotopic (exact) mass is 329 g/mol. The van der Waals surface area contributed by atoms with Crippen LogP contribution in [0, 0.1) is 5.92 Å². The molecule has 7 heteroatoms. The standard InChI is InChI=1S/C15H19N3O3.K.H/c1-5-9-6-10(13(19)20)11(16-7-9)12-17-14(21)15(4,18-12)8(2)3;;/h6-8H,5H2,1-4H3,(H,19,20)(H,17,18,21);;. The van der Waals surface area contributed by atoms with Crippen molar-refractivity contribution in [1.29, 1.82) is 0 Å². The van der Waals surface area contributed by atoms with Crippen molar-refractivity contribution in [2.45, 2.75) is 39.7 Å². The molecule has 1 aliphatic heterocycles. The van der Waals surface area contributed by atoms with Gasteiger partial charge in [-0.2, -0.15) is 0 Å². The summed E-state index contributed by atoms with van der Waals surface area (Å²) >= 11 is 0. The third-order valence-corrected chi connectivity index (χ3v) is 3.97. The second-order valence-electron chi connectivity index (χ2n) is 5.62. The van der Waals surface area contributed by atoms with Gasteiger partial charge in [-0.05, 0) is 30.9 Å². The van der Waals surface area contributed by atoms with Crippen molar-refractivity contribution in [2.75, 3.05) is 0 Å². The van der Waals surface area contributed by atoms with E-state index in [-0.39, 0.29) is 80.3 Å². The third-order valence-electron chi connectivity index (χ3n) is 3.97. The fraction of sp³-hybridized carbons (Fsp3) is 0.467. The van der Waals surface area contributed by atoms with Crippen molar-refractivity contribution >= 4 is 69.1 Å². The predicted molar refractivity (Wildman–Crippen MR) is 85.6 cm³/mol. The Hall–Kier alpha value is -0.604. The quantitative estimate of drug-likeness (QED) is 0.806. The summed E-state index contributed by atoms with van der Waals surface area (Å²) in [4.78, 5) is 32.1. The molecule has 1 aromatic heterocycles. The van der Waals surface area contributed by atoms with E-state index in [0.29, 0.717) is 6.42 Å². The van der Waals surface area contributed by atoms with Crippen molar-refractivity contribution in [1.82, 2.24) is 10.3 Å². The van der Waals surface area contributed by atoms with Crippen molar-refractivity contribution in [3.8, 4) is 0 Å². The molecule has 2 N–H and O–H groups in total. The van der Waals surface area contributed by atoms with Crippen molar-refractivity contribution < 1.29 is 14.7 Å². The Kier molecular flexibility index (Phi) is 6.46. The number of aromatic carboxylic acids is 1. The van der Waals surface area contributed by atoms with Crippen LogP contribution in [0.25, 0.3) is 0 Å². The summed E-state index contributed by atoms with van der Waals surface area (Å²) < 4.78 is 0. The number of amidine groups is 1. The predicted octanol–water partition coefficient (Wildman–Crippen LogP) is 0.985. The van der Waals surface area contributed by atoms with Crippen LogP contribution in [0.1, 0.15) is 49.3 Å². The SMILES string of the molecule is CCc1cnc(C2=NC(C)(C(C)C)C(=O)N2)c(C(=O)O)c1.[KH]. The minimum absolute atomic E-state index is 0. The summed E-state index contributed by atoms with van der Waals surface area (Å²) in [6.45, 7) is 7.46. The van der Waals surface area contributed by atoms with Gasteiger partial charge in [0.1, 0.15) is 11.2 Å². The van der Waals surface area contributed by atoms with Crippen LogP contribution in [-0.2, 0) is 11.2 Å². The van der Waals surface area contributed by atoms with Crippen molar-refractivity contribution in [3.05, 3.63) is 29.1 Å². The van der Waals surface area contributed by atoms with Gasteiger partial charge in [-0.1, -0.05) is 20.8 Å². The minimum atomic E-state index is -1.08. The number of pyridine rings is 1. The Labute approximate surface area is 172 Å². The molecular weight excluding hydrogens is 309 g/mol. The molecule has 0 bridgehead atoms. The van der Waals surface area contributed by atoms with Gasteiger partial charge in [0.2, 0.25) is 0 Å². The fourth-order valence-electron chi connectivity index (χ4n) is 2.10. The maximum atomic E-state index is 12.1. The summed E-state index contributed by atoms with van der Waals surface area (Å²) in [5.74, 6) is -1.08. The maximum absolute atomic E-state index is 12.1. The van der Waals surface area contributed by atoms with E-state index in [2.05, 4.69) is 15.3 Å². The van der Waals surface area contributed by atoms with Gasteiger partial charge in [0, 0.05) is 6.20 Å². The number of aryl methyl sites for hydroxylation is 1. The molecule has 0 radical (unpaired) electrons. The van der Waals surface area contributed by atoms with Crippen LogP contribution in [0.4, 0.5) is 0 Å². The Morgan fingerprint density at radius 1 is 1.45 bits per heavy atom. The second kappa shape index (κ2) is 7.31. The molecule has 1 unspecified atom stereocenters. The summed E-state index contributed by atoms with van der Waals surface area (Å²) in [7, 11) is 0. The van der Waals surface area contributed by atoms with Crippen LogP contribution in [0.2, 0.25) is 0 Å². The molecule has 1 aliphatic rings. The van der Waals surface area contributed by atoms with Gasteiger partial charge in [0.05, 0.1) is 5.56 Å². The van der Waals surface area contributed by atoms with Gasteiger partial charge < -0.3 is 10.4 Å². The summed E-state index contributed by atoms with van der Waals surface area (Å²) in [5, 5.41) is 12.0. The first-order chi connectivity index (χ1) is 9.79. The molecular formula is C15H20KN3O3. The van der Waals surface area contributed by atoms with E-state index >= 15 is 0 Å². The number of rotatable bonds is 4. The van der Waals surface area contributed by atoms with E-state index < -0.39 is 11.5 Å². The Morgan fingerprint density at radius 2 is 2.09 bits per heavy atom. The first kappa shape index (κ1) is 19.4. The molecule has 0 aliphatic carbocycles. The third kappa shape index (κ3) is 3.49. The molecule has 2 rings (SSSR count). The molecule has 0 saturated heterocycles. The topological polar surface area (TPSA) is 91.7 Å². The summed E-state index contributed by atoms with van der Waals surface area (Å²) in [6.07, 6.45) is 2.30. The summed E-state index contributed by atoms with van der Waals surface area (Å²) in [6, 6.07) is 1.57. The Balaban J connectivity index is 0.00000242.